The summed E-state index contributed by atoms with van der Waals surface area (Å²) < 4.78 is 22.5. The van der Waals surface area contributed by atoms with Crippen LogP contribution >= 0.6 is 0 Å². The topological polar surface area (TPSA) is 169 Å². The van der Waals surface area contributed by atoms with Gasteiger partial charge in [0.2, 0.25) is 6.29 Å². The molecule has 0 spiro atoms. The summed E-state index contributed by atoms with van der Waals surface area (Å²) in [5.74, 6) is -0.698. The normalized spacial score (nSPS) is 42.7. The maximum Gasteiger partial charge on any atom is 0.342 e. The van der Waals surface area contributed by atoms with E-state index in [-0.39, 0.29) is 56.5 Å². The smallest absolute Gasteiger partial charge is 0.342 e. The lowest BCUT2D eigenvalue weighted by Crippen LogP contribution is -2.62. The van der Waals surface area contributed by atoms with Crippen molar-refractivity contribution < 1.29 is 53.8 Å². The first-order valence-electron chi connectivity index (χ1n) is 16.6. The molecule has 1 heterocycles. The van der Waals surface area contributed by atoms with Crippen LogP contribution in [0.25, 0.3) is 0 Å². The summed E-state index contributed by atoms with van der Waals surface area (Å²) in [7, 11) is 2.52. The highest BCUT2D eigenvalue weighted by Gasteiger charge is 2.66. The lowest BCUT2D eigenvalue weighted by molar-refractivity contribution is -0.277. The molecule has 11 atom stereocenters. The molecule has 5 aliphatic rings. The SMILES string of the molecule is COC(=O)c1c(OC)c(OC2OC(CO)C(O)C(O)C2O)cc2c1C(=O)C=C1C2(C)CCC2(C)C3CC(C)C(=O)CC3(C)CCC12C. The van der Waals surface area contributed by atoms with Crippen molar-refractivity contribution in [2.75, 3.05) is 20.8 Å². The second-order valence-corrected chi connectivity index (χ2v) is 15.5. The van der Waals surface area contributed by atoms with E-state index in [2.05, 4.69) is 27.7 Å². The number of rotatable bonds is 5. The van der Waals surface area contributed by atoms with Crippen molar-refractivity contribution in [3.05, 3.63) is 34.4 Å². The fraction of sp³-hybridized carbons (Fsp3) is 0.694. The molecular formula is C36H48O11. The summed E-state index contributed by atoms with van der Waals surface area (Å²) in [6, 6.07) is 1.65. The Morgan fingerprint density at radius 2 is 1.70 bits per heavy atom. The molecule has 47 heavy (non-hydrogen) atoms. The van der Waals surface area contributed by atoms with Crippen LogP contribution in [0.5, 0.6) is 11.5 Å². The fourth-order valence-electron chi connectivity index (χ4n) is 10.1. The number of benzene rings is 1. The number of allylic oxidation sites excluding steroid dienone is 2. The van der Waals surface area contributed by atoms with Gasteiger partial charge < -0.3 is 39.4 Å². The molecule has 1 aromatic rings. The molecule has 1 aromatic carbocycles. The molecule has 11 heteroatoms. The van der Waals surface area contributed by atoms with Gasteiger partial charge in [-0.15, -0.1) is 0 Å². The van der Waals surface area contributed by atoms with Crippen LogP contribution in [0.1, 0.15) is 99.4 Å². The van der Waals surface area contributed by atoms with E-state index in [0.29, 0.717) is 24.2 Å². The number of hydrogen-bond donors (Lipinski definition) is 4. The molecule has 0 bridgehead atoms. The number of esters is 1. The average molecular weight is 657 g/mol. The lowest BCUT2D eigenvalue weighted by atomic mass is 9.35. The largest absolute Gasteiger partial charge is 0.492 e. The van der Waals surface area contributed by atoms with E-state index in [0.717, 1.165) is 31.3 Å². The van der Waals surface area contributed by atoms with Crippen LogP contribution in [0.15, 0.2) is 17.7 Å². The number of fused-ring (bicyclic) bond motifs is 7. The molecule has 258 valence electrons. The second kappa shape index (κ2) is 11.4. The van der Waals surface area contributed by atoms with Crippen molar-refractivity contribution in [2.45, 2.75) is 109 Å². The molecule has 3 saturated carbocycles. The van der Waals surface area contributed by atoms with Gasteiger partial charge in [-0.05, 0) is 77.5 Å². The zero-order valence-corrected chi connectivity index (χ0v) is 28.3. The summed E-state index contributed by atoms with van der Waals surface area (Å²) in [6.45, 7) is 10.3. The van der Waals surface area contributed by atoms with E-state index < -0.39 is 48.7 Å². The minimum atomic E-state index is -1.71. The Morgan fingerprint density at radius 1 is 1.00 bits per heavy atom. The Morgan fingerprint density at radius 3 is 2.34 bits per heavy atom. The standard InChI is InChI=1S/C36H48O11/c1-17-12-23-33(2,15-20(17)39)8-10-36(5)24-14-19(38)25-18(34(24,3)9-11-35(23,36)4)13-21(30(44-6)26(25)31(43)45-7)46-32-29(42)28(41)27(40)22(16-37)47-32/h13-14,17,22-23,27-29,32,37,40-42H,8-12,15-16H2,1-7H3. The Hall–Kier alpha value is -2.83. The van der Waals surface area contributed by atoms with Crippen LogP contribution in [-0.2, 0) is 19.7 Å². The predicted octanol–water partition coefficient (Wildman–Crippen LogP) is 3.26. The monoisotopic (exact) mass is 656 g/mol. The second-order valence-electron chi connectivity index (χ2n) is 15.5. The molecular weight excluding hydrogens is 608 g/mol. The molecule has 6 rings (SSSR count). The van der Waals surface area contributed by atoms with Gasteiger partial charge in [-0.25, -0.2) is 4.79 Å². The molecule has 4 aliphatic carbocycles. The van der Waals surface area contributed by atoms with Crippen molar-refractivity contribution >= 4 is 17.5 Å². The van der Waals surface area contributed by atoms with Crippen molar-refractivity contribution in [3.8, 4) is 11.5 Å². The number of hydrogen-bond acceptors (Lipinski definition) is 11. The van der Waals surface area contributed by atoms with Crippen LogP contribution in [0.2, 0.25) is 0 Å². The summed E-state index contributed by atoms with van der Waals surface area (Å²) in [4.78, 5) is 40.6. The van der Waals surface area contributed by atoms with E-state index in [4.69, 9.17) is 18.9 Å². The van der Waals surface area contributed by atoms with E-state index in [1.54, 1.807) is 12.1 Å². The number of ether oxygens (including phenoxy) is 4. The highest BCUT2D eigenvalue weighted by molar-refractivity contribution is 6.16. The zero-order valence-electron chi connectivity index (χ0n) is 28.3. The first kappa shape index (κ1) is 34.0. The number of aliphatic hydroxyl groups is 4. The first-order valence-corrected chi connectivity index (χ1v) is 16.6. The van der Waals surface area contributed by atoms with Crippen LogP contribution in [-0.4, -0.2) is 89.5 Å². The minimum Gasteiger partial charge on any atom is -0.492 e. The third-order valence-electron chi connectivity index (χ3n) is 13.2. The predicted molar refractivity (Wildman–Crippen MR) is 168 cm³/mol. The number of aliphatic hydroxyl groups excluding tert-OH is 4. The van der Waals surface area contributed by atoms with Gasteiger partial charge in [-0.1, -0.05) is 34.6 Å². The molecule has 4 N–H and O–H groups in total. The van der Waals surface area contributed by atoms with Gasteiger partial charge in [0.05, 0.1) is 20.8 Å². The summed E-state index contributed by atoms with van der Waals surface area (Å²) in [5.41, 5.74) is 0.193. The van der Waals surface area contributed by atoms with Crippen molar-refractivity contribution in [1.82, 2.24) is 0 Å². The maximum atomic E-state index is 14.3. The minimum absolute atomic E-state index is 0.0135. The molecule has 0 radical (unpaired) electrons. The van der Waals surface area contributed by atoms with Gasteiger partial charge in [0.15, 0.2) is 17.3 Å². The Balaban J connectivity index is 1.49. The average Bonchev–Trinajstić information content (AvgIpc) is 3.04. The van der Waals surface area contributed by atoms with Gasteiger partial charge in [0, 0.05) is 23.3 Å². The van der Waals surface area contributed by atoms with Crippen LogP contribution in [0, 0.1) is 28.1 Å². The van der Waals surface area contributed by atoms with Gasteiger partial charge in [-0.2, -0.15) is 0 Å². The summed E-state index contributed by atoms with van der Waals surface area (Å²) >= 11 is 0. The van der Waals surface area contributed by atoms with E-state index >= 15 is 0 Å². The molecule has 0 aromatic heterocycles. The van der Waals surface area contributed by atoms with Crippen molar-refractivity contribution in [2.24, 2.45) is 28.1 Å². The zero-order chi connectivity index (χ0) is 34.4. The number of methoxy groups -OCH3 is 2. The van der Waals surface area contributed by atoms with Gasteiger partial charge >= 0.3 is 5.97 Å². The highest BCUT2D eigenvalue weighted by atomic mass is 16.7. The van der Waals surface area contributed by atoms with Crippen LogP contribution < -0.4 is 9.47 Å². The summed E-state index contributed by atoms with van der Waals surface area (Å²) in [6.07, 6.45) is -1.51. The Labute approximate surface area is 275 Å². The number of carbonyl (C=O) groups is 3. The molecule has 11 nitrogen and oxygen atoms in total. The third kappa shape index (κ3) is 4.67. The Kier molecular flexibility index (Phi) is 8.24. The molecule has 1 aliphatic heterocycles. The van der Waals surface area contributed by atoms with Crippen molar-refractivity contribution in [3.63, 3.8) is 0 Å². The highest BCUT2D eigenvalue weighted by Crippen LogP contribution is 2.73. The van der Waals surface area contributed by atoms with Crippen LogP contribution in [0.4, 0.5) is 0 Å². The van der Waals surface area contributed by atoms with Crippen molar-refractivity contribution in [1.29, 1.82) is 0 Å². The quantitative estimate of drug-likeness (QED) is 0.343. The Bertz CT molecular complexity index is 1530. The van der Waals surface area contributed by atoms with Gasteiger partial charge in [-0.3, -0.25) is 9.59 Å². The van der Waals surface area contributed by atoms with E-state index in [1.165, 1.54) is 14.2 Å². The fourth-order valence-corrected chi connectivity index (χ4v) is 10.1. The van der Waals surface area contributed by atoms with E-state index in [1.807, 2.05) is 6.92 Å². The first-order chi connectivity index (χ1) is 22.0. The summed E-state index contributed by atoms with van der Waals surface area (Å²) in [5, 5.41) is 41.2. The molecule has 11 unspecified atom stereocenters. The number of carbonyl (C=O) groups excluding carboxylic acids is 3. The number of Topliss-reactive ketones (excluding diaryl/α,β-unsaturated/α-hetero) is 1. The van der Waals surface area contributed by atoms with Gasteiger partial charge in [0.25, 0.3) is 0 Å². The third-order valence-corrected chi connectivity index (χ3v) is 13.2. The molecule has 0 amide bonds. The van der Waals surface area contributed by atoms with Crippen LogP contribution in [0.3, 0.4) is 0 Å². The lowest BCUT2D eigenvalue weighted by Gasteiger charge is -2.69. The molecule has 1 saturated heterocycles. The van der Waals surface area contributed by atoms with Gasteiger partial charge in [0.1, 0.15) is 35.8 Å². The maximum absolute atomic E-state index is 14.3. The van der Waals surface area contributed by atoms with E-state index in [9.17, 15) is 34.8 Å². The molecule has 4 fully saturated rings. The number of ketones is 2.